The van der Waals surface area contributed by atoms with E-state index in [-0.39, 0.29) is 0 Å². The largest absolute Gasteiger partial charge is 0.300 e. The number of hydrogen-bond acceptors (Lipinski definition) is 1. The van der Waals surface area contributed by atoms with Gasteiger partial charge >= 0.3 is 0 Å². The molecule has 2 unspecified atom stereocenters. The molecule has 21 heavy (non-hydrogen) atoms. The Morgan fingerprint density at radius 3 is 1.76 bits per heavy atom. The van der Waals surface area contributed by atoms with Gasteiger partial charge in [0.25, 0.3) is 0 Å². The standard InChI is InChI=1S/C20H38O/c1-3-4-5-12-15-19-17-20(19)16-13-10-8-6-7-9-11-14-18(2)21/h19-20H,3-17H2,1-2H3. The number of carbonyl (C=O) groups excluding carboxylic acids is 1. The smallest absolute Gasteiger partial charge is 0.129 e. The predicted octanol–water partition coefficient (Wildman–Crippen LogP) is 6.69. The molecule has 1 nitrogen and oxygen atoms in total. The topological polar surface area (TPSA) is 17.1 Å². The van der Waals surface area contributed by atoms with Crippen LogP contribution in [0.1, 0.15) is 110 Å². The minimum absolute atomic E-state index is 0.351. The maximum atomic E-state index is 10.8. The van der Waals surface area contributed by atoms with E-state index in [2.05, 4.69) is 6.92 Å². The molecule has 0 N–H and O–H groups in total. The second-order valence-electron chi connectivity index (χ2n) is 7.32. The summed E-state index contributed by atoms with van der Waals surface area (Å²) in [5, 5.41) is 0. The van der Waals surface area contributed by atoms with Gasteiger partial charge in [-0.25, -0.2) is 0 Å². The van der Waals surface area contributed by atoms with Crippen LogP contribution in [0, 0.1) is 11.8 Å². The lowest BCUT2D eigenvalue weighted by Crippen LogP contribution is -1.89. The molecule has 0 aromatic carbocycles. The molecule has 0 aromatic rings. The van der Waals surface area contributed by atoms with Gasteiger partial charge in [0.1, 0.15) is 5.78 Å². The fraction of sp³-hybridized carbons (Fsp3) is 0.950. The lowest BCUT2D eigenvalue weighted by Gasteiger charge is -2.02. The zero-order valence-corrected chi connectivity index (χ0v) is 14.7. The summed E-state index contributed by atoms with van der Waals surface area (Å²) in [6.07, 6.45) is 20.5. The molecule has 1 saturated carbocycles. The zero-order chi connectivity index (χ0) is 15.3. The van der Waals surface area contributed by atoms with Crippen LogP contribution < -0.4 is 0 Å². The monoisotopic (exact) mass is 294 g/mol. The van der Waals surface area contributed by atoms with E-state index in [1.54, 1.807) is 6.92 Å². The highest BCUT2D eigenvalue weighted by Gasteiger charge is 2.34. The van der Waals surface area contributed by atoms with Crippen molar-refractivity contribution >= 4 is 5.78 Å². The molecule has 0 aromatic heterocycles. The number of Topliss-reactive ketones (excluding diaryl/α,β-unsaturated/α-hetero) is 1. The van der Waals surface area contributed by atoms with Gasteiger partial charge in [0.2, 0.25) is 0 Å². The van der Waals surface area contributed by atoms with Crippen LogP contribution in [-0.2, 0) is 4.79 Å². The van der Waals surface area contributed by atoms with E-state index in [0.29, 0.717) is 5.78 Å². The van der Waals surface area contributed by atoms with Gasteiger partial charge in [-0.05, 0) is 31.6 Å². The predicted molar refractivity (Wildman–Crippen MR) is 92.6 cm³/mol. The third-order valence-electron chi connectivity index (χ3n) is 5.10. The molecule has 2 atom stereocenters. The van der Waals surface area contributed by atoms with Gasteiger partial charge in [0.05, 0.1) is 0 Å². The molecule has 0 amide bonds. The minimum Gasteiger partial charge on any atom is -0.300 e. The van der Waals surface area contributed by atoms with Crippen LogP contribution in [0.5, 0.6) is 0 Å². The first-order valence-electron chi connectivity index (χ1n) is 9.73. The number of rotatable bonds is 15. The Hall–Kier alpha value is -0.330. The Morgan fingerprint density at radius 1 is 0.762 bits per heavy atom. The van der Waals surface area contributed by atoms with Gasteiger partial charge in [0, 0.05) is 6.42 Å². The SMILES string of the molecule is CCCCCCC1CC1CCCCCCCCCC(C)=O. The fourth-order valence-corrected chi connectivity index (χ4v) is 3.52. The molecular weight excluding hydrogens is 256 g/mol. The van der Waals surface area contributed by atoms with Crippen LogP contribution in [0.25, 0.3) is 0 Å². The molecule has 1 heteroatoms. The average molecular weight is 295 g/mol. The molecule has 1 fully saturated rings. The normalized spacial score (nSPS) is 20.7. The molecule has 0 saturated heterocycles. The molecule has 0 heterocycles. The van der Waals surface area contributed by atoms with Crippen LogP contribution in [0.3, 0.4) is 0 Å². The lowest BCUT2D eigenvalue weighted by molar-refractivity contribution is -0.117. The summed E-state index contributed by atoms with van der Waals surface area (Å²) in [4.78, 5) is 10.8. The fourth-order valence-electron chi connectivity index (χ4n) is 3.52. The zero-order valence-electron chi connectivity index (χ0n) is 14.7. The molecular formula is C20H38O. The molecule has 1 rings (SSSR count). The Bertz CT molecular complexity index is 259. The highest BCUT2D eigenvalue weighted by atomic mass is 16.1. The maximum Gasteiger partial charge on any atom is 0.129 e. The summed E-state index contributed by atoms with van der Waals surface area (Å²) in [5.41, 5.74) is 0. The van der Waals surface area contributed by atoms with Crippen LogP contribution in [0.4, 0.5) is 0 Å². The number of unbranched alkanes of at least 4 members (excludes halogenated alkanes) is 9. The Morgan fingerprint density at radius 2 is 1.24 bits per heavy atom. The van der Waals surface area contributed by atoms with Crippen molar-refractivity contribution in [3.63, 3.8) is 0 Å². The third kappa shape index (κ3) is 11.0. The van der Waals surface area contributed by atoms with Crippen LogP contribution in [-0.4, -0.2) is 5.78 Å². The quantitative estimate of drug-likeness (QED) is 0.307. The van der Waals surface area contributed by atoms with Crippen molar-refractivity contribution in [2.24, 2.45) is 11.8 Å². The number of hydrogen-bond donors (Lipinski definition) is 0. The van der Waals surface area contributed by atoms with Crippen LogP contribution >= 0.6 is 0 Å². The van der Waals surface area contributed by atoms with E-state index in [4.69, 9.17) is 0 Å². The highest BCUT2D eigenvalue weighted by molar-refractivity contribution is 5.75. The van der Waals surface area contributed by atoms with Crippen LogP contribution in [0.15, 0.2) is 0 Å². The molecule has 0 radical (unpaired) electrons. The van der Waals surface area contributed by atoms with Gasteiger partial charge in [-0.1, -0.05) is 84.0 Å². The highest BCUT2D eigenvalue weighted by Crippen LogP contribution is 2.45. The molecule has 1 aliphatic carbocycles. The van der Waals surface area contributed by atoms with E-state index >= 15 is 0 Å². The first-order chi connectivity index (χ1) is 10.2. The van der Waals surface area contributed by atoms with Crippen molar-refractivity contribution in [3.8, 4) is 0 Å². The summed E-state index contributed by atoms with van der Waals surface area (Å²) in [6.45, 7) is 4.00. The summed E-state index contributed by atoms with van der Waals surface area (Å²) < 4.78 is 0. The Balaban J connectivity index is 1.75. The summed E-state index contributed by atoms with van der Waals surface area (Å²) in [5.74, 6) is 2.55. The van der Waals surface area contributed by atoms with E-state index in [0.717, 1.165) is 24.7 Å². The van der Waals surface area contributed by atoms with Crippen molar-refractivity contribution < 1.29 is 4.79 Å². The summed E-state index contributed by atoms with van der Waals surface area (Å²) in [6, 6.07) is 0. The van der Waals surface area contributed by atoms with Crippen molar-refractivity contribution in [2.75, 3.05) is 0 Å². The number of carbonyl (C=O) groups is 1. The van der Waals surface area contributed by atoms with Gasteiger partial charge < -0.3 is 4.79 Å². The van der Waals surface area contributed by atoms with Crippen molar-refractivity contribution in [3.05, 3.63) is 0 Å². The third-order valence-corrected chi connectivity index (χ3v) is 5.10. The molecule has 0 aliphatic heterocycles. The minimum atomic E-state index is 0.351. The van der Waals surface area contributed by atoms with E-state index in [1.165, 1.54) is 83.5 Å². The molecule has 0 spiro atoms. The Labute approximate surface area is 133 Å². The first kappa shape index (κ1) is 18.7. The van der Waals surface area contributed by atoms with Gasteiger partial charge in [-0.2, -0.15) is 0 Å². The van der Waals surface area contributed by atoms with E-state index < -0.39 is 0 Å². The van der Waals surface area contributed by atoms with Crippen LogP contribution in [0.2, 0.25) is 0 Å². The maximum absolute atomic E-state index is 10.8. The molecule has 0 bridgehead atoms. The van der Waals surface area contributed by atoms with E-state index in [1.807, 2.05) is 0 Å². The van der Waals surface area contributed by atoms with Gasteiger partial charge in [-0.15, -0.1) is 0 Å². The second-order valence-corrected chi connectivity index (χ2v) is 7.32. The lowest BCUT2D eigenvalue weighted by atomic mass is 10.0. The summed E-state index contributed by atoms with van der Waals surface area (Å²) in [7, 11) is 0. The Kier molecular flexibility index (Phi) is 10.9. The van der Waals surface area contributed by atoms with Gasteiger partial charge in [0.15, 0.2) is 0 Å². The van der Waals surface area contributed by atoms with Crippen molar-refractivity contribution in [2.45, 2.75) is 110 Å². The first-order valence-corrected chi connectivity index (χ1v) is 9.73. The van der Waals surface area contributed by atoms with E-state index in [9.17, 15) is 4.79 Å². The molecule has 1 aliphatic rings. The van der Waals surface area contributed by atoms with Crippen molar-refractivity contribution in [1.82, 2.24) is 0 Å². The summed E-state index contributed by atoms with van der Waals surface area (Å²) >= 11 is 0. The van der Waals surface area contributed by atoms with Gasteiger partial charge in [-0.3, -0.25) is 0 Å². The second kappa shape index (κ2) is 12.2. The molecule has 124 valence electrons. The number of ketones is 1. The van der Waals surface area contributed by atoms with Crippen molar-refractivity contribution in [1.29, 1.82) is 0 Å². The average Bonchev–Trinajstić information content (AvgIpc) is 3.20.